The fourth-order valence-corrected chi connectivity index (χ4v) is 5.63. The lowest BCUT2D eigenvalue weighted by Gasteiger charge is -2.35. The van der Waals surface area contributed by atoms with Crippen molar-refractivity contribution in [3.8, 4) is 0 Å². The molecule has 4 N–H and O–H groups in total. The first-order chi connectivity index (χ1) is 23.5. The van der Waals surface area contributed by atoms with E-state index in [4.69, 9.17) is 4.55 Å². The van der Waals surface area contributed by atoms with E-state index in [0.29, 0.717) is 71.4 Å². The normalized spacial score (nSPS) is 15.6. The molecule has 2 fully saturated rings. The van der Waals surface area contributed by atoms with Gasteiger partial charge in [-0.1, -0.05) is 12.1 Å². The van der Waals surface area contributed by atoms with E-state index in [-0.39, 0.29) is 28.9 Å². The predicted octanol–water partition coefficient (Wildman–Crippen LogP) is 3.27. The van der Waals surface area contributed by atoms with Crippen molar-refractivity contribution in [1.29, 1.82) is 0 Å². The first-order valence-corrected chi connectivity index (χ1v) is 17.1. The Hall–Kier alpha value is -4.46. The van der Waals surface area contributed by atoms with Crippen LogP contribution >= 0.6 is 0 Å². The van der Waals surface area contributed by atoms with Gasteiger partial charge in [-0.2, -0.15) is 34.8 Å². The van der Waals surface area contributed by atoms with Gasteiger partial charge in [0, 0.05) is 45.3 Å². The summed E-state index contributed by atoms with van der Waals surface area (Å²) >= 11 is 0. The summed E-state index contributed by atoms with van der Waals surface area (Å²) in [5, 5.41) is 7.52. The molecule has 0 radical (unpaired) electrons. The second-order valence-corrected chi connectivity index (χ2v) is 13.2. The number of rotatable bonds is 13. The molecular formula is C30H35F6N7O6S. The quantitative estimate of drug-likeness (QED) is 0.0665. The highest BCUT2D eigenvalue weighted by Crippen LogP contribution is 2.33. The molecule has 0 saturated carbocycles. The molecule has 274 valence electrons. The third kappa shape index (κ3) is 10.5. The lowest BCUT2D eigenvalue weighted by Crippen LogP contribution is -2.39. The number of benzene rings is 1. The van der Waals surface area contributed by atoms with Crippen molar-refractivity contribution in [2.45, 2.75) is 44.5 Å². The number of alkyl halides is 6. The van der Waals surface area contributed by atoms with E-state index in [1.54, 1.807) is 11.0 Å². The highest BCUT2D eigenvalue weighted by atomic mass is 32.2. The molecule has 13 nitrogen and oxygen atoms in total. The van der Waals surface area contributed by atoms with Gasteiger partial charge in [0.2, 0.25) is 12.2 Å². The molecule has 2 saturated heterocycles. The summed E-state index contributed by atoms with van der Waals surface area (Å²) in [6, 6.07) is 6.50. The molecule has 0 atom stereocenters. The minimum Gasteiger partial charge on any atom is -0.380 e. The summed E-state index contributed by atoms with van der Waals surface area (Å²) in [7, 11) is -4.36. The third-order valence-electron chi connectivity index (χ3n) is 8.19. The summed E-state index contributed by atoms with van der Waals surface area (Å²) < 4.78 is 107. The van der Waals surface area contributed by atoms with E-state index in [1.807, 2.05) is 4.90 Å². The number of carbonyl (C=O) groups excluding carboxylic acids is 1. The van der Waals surface area contributed by atoms with E-state index < -0.39 is 50.6 Å². The van der Waals surface area contributed by atoms with Gasteiger partial charge in [0.15, 0.2) is 0 Å². The Morgan fingerprint density at radius 2 is 1.40 bits per heavy atom. The molecule has 2 aliphatic rings. The summed E-state index contributed by atoms with van der Waals surface area (Å²) in [5.74, 6) is -1.26. The Morgan fingerprint density at radius 3 is 1.88 bits per heavy atom. The van der Waals surface area contributed by atoms with Crippen molar-refractivity contribution >= 4 is 39.5 Å². The number of aromatic nitrogens is 2. The van der Waals surface area contributed by atoms with Gasteiger partial charge >= 0.3 is 12.4 Å². The number of hydrogen-bond donors (Lipinski definition) is 4. The van der Waals surface area contributed by atoms with Crippen molar-refractivity contribution in [3.05, 3.63) is 67.7 Å². The Labute approximate surface area is 282 Å². The molecule has 3 heterocycles. The number of piperidine rings is 1. The Balaban J connectivity index is 0.000000314. The number of anilines is 4. The van der Waals surface area contributed by atoms with Crippen LogP contribution < -0.4 is 36.6 Å². The van der Waals surface area contributed by atoms with Crippen molar-refractivity contribution in [1.82, 2.24) is 15.3 Å². The number of halogens is 6. The average Bonchev–Trinajstić information content (AvgIpc) is 3.02. The first-order valence-electron chi connectivity index (χ1n) is 15.5. The lowest BCUT2D eigenvalue weighted by molar-refractivity contribution is -0.144. The molecule has 20 heteroatoms. The van der Waals surface area contributed by atoms with Crippen LogP contribution in [0.25, 0.3) is 0 Å². The Kier molecular flexibility index (Phi) is 12.3. The summed E-state index contributed by atoms with van der Waals surface area (Å²) in [6.07, 6.45) is -4.89. The topological polar surface area (TPSA) is 174 Å². The van der Waals surface area contributed by atoms with Crippen LogP contribution in [-0.2, 0) is 33.7 Å². The van der Waals surface area contributed by atoms with E-state index in [1.165, 1.54) is 12.1 Å². The maximum absolute atomic E-state index is 13.3. The van der Waals surface area contributed by atoms with Crippen molar-refractivity contribution in [3.63, 3.8) is 0 Å². The van der Waals surface area contributed by atoms with Gasteiger partial charge in [0.1, 0.15) is 28.9 Å². The Bertz CT molecular complexity index is 1790. The number of nitrogens with one attached hydrogen (secondary N) is 3. The van der Waals surface area contributed by atoms with Crippen LogP contribution in [0.4, 0.5) is 49.4 Å². The van der Waals surface area contributed by atoms with Crippen LogP contribution in [0, 0.1) is 5.92 Å². The first kappa shape index (κ1) is 38.3. The van der Waals surface area contributed by atoms with Gasteiger partial charge in [-0.05, 0) is 55.7 Å². The molecule has 50 heavy (non-hydrogen) atoms. The molecule has 2 aromatic carbocycles. The molecule has 0 spiro atoms. The third-order valence-corrected chi connectivity index (χ3v) is 8.70. The standard InChI is InChI=1S/C20H25F3N6O5S.C10H10F3NO/c21-20(22,23)19-26-13(28-6-1-7-28)10-14(27-19)29-8-3-12(4-9-29)2-5-24-15-16(18(31)17(15)30)25-11-35(32,33)34;11-10(12,13)9-3-1-8(2-4-9)5-6-14-7-15/h10,12,24-25H,1-9,11H2,(H,32,33,34);1-4,7H,5-6H2,(H,14,15). The van der Waals surface area contributed by atoms with Gasteiger partial charge in [0.25, 0.3) is 21.0 Å². The van der Waals surface area contributed by atoms with Gasteiger partial charge in [0.05, 0.1) is 5.56 Å². The van der Waals surface area contributed by atoms with Crippen molar-refractivity contribution in [2.24, 2.45) is 5.92 Å². The number of nitrogens with zero attached hydrogens (tertiary/aromatic N) is 4. The number of hydrogen-bond acceptors (Lipinski definition) is 11. The van der Waals surface area contributed by atoms with Crippen molar-refractivity contribution < 1.29 is 44.1 Å². The van der Waals surface area contributed by atoms with Gasteiger partial charge in [-0.15, -0.1) is 0 Å². The fourth-order valence-electron chi connectivity index (χ4n) is 5.30. The minimum absolute atomic E-state index is 0.0183. The molecule has 1 amide bonds. The van der Waals surface area contributed by atoms with E-state index in [9.17, 15) is 49.1 Å². The molecule has 0 unspecified atom stereocenters. The maximum Gasteiger partial charge on any atom is 0.451 e. The smallest absolute Gasteiger partial charge is 0.380 e. The van der Waals surface area contributed by atoms with Crippen LogP contribution in [0.1, 0.15) is 42.6 Å². The molecule has 0 aliphatic carbocycles. The number of amides is 1. The van der Waals surface area contributed by atoms with E-state index in [0.717, 1.165) is 24.1 Å². The molecule has 2 aliphatic heterocycles. The van der Waals surface area contributed by atoms with E-state index in [2.05, 4.69) is 25.9 Å². The summed E-state index contributed by atoms with van der Waals surface area (Å²) in [4.78, 5) is 44.4. The number of carbonyl (C=O) groups is 1. The van der Waals surface area contributed by atoms with Crippen LogP contribution in [0.2, 0.25) is 0 Å². The molecule has 0 bridgehead atoms. The van der Waals surface area contributed by atoms with Gasteiger partial charge < -0.3 is 25.8 Å². The Morgan fingerprint density at radius 1 is 0.840 bits per heavy atom. The zero-order valence-electron chi connectivity index (χ0n) is 26.5. The highest BCUT2D eigenvalue weighted by molar-refractivity contribution is 7.85. The van der Waals surface area contributed by atoms with Gasteiger partial charge in [-0.3, -0.25) is 18.9 Å². The maximum atomic E-state index is 13.3. The van der Waals surface area contributed by atoms with Crippen LogP contribution in [0.15, 0.2) is 39.9 Å². The second kappa shape index (κ2) is 16.0. The lowest BCUT2D eigenvalue weighted by atomic mass is 9.93. The minimum atomic E-state index is -4.64. The zero-order valence-corrected chi connectivity index (χ0v) is 27.3. The monoisotopic (exact) mass is 735 g/mol. The molecule has 1 aromatic heterocycles. The largest absolute Gasteiger partial charge is 0.451 e. The highest BCUT2D eigenvalue weighted by Gasteiger charge is 2.37. The van der Waals surface area contributed by atoms with Gasteiger partial charge in [-0.25, -0.2) is 9.97 Å². The molecule has 5 rings (SSSR count). The summed E-state index contributed by atoms with van der Waals surface area (Å²) in [6.45, 7) is 3.13. The predicted molar refractivity (Wildman–Crippen MR) is 173 cm³/mol. The SMILES string of the molecule is O=CNCCc1ccc(C(F)(F)F)cc1.O=c1c(NCCC2CCN(c3cc(N4CCC4)nc(C(F)(F)F)n3)CC2)c(NCS(=O)(=O)O)c1=O. The van der Waals surface area contributed by atoms with Crippen LogP contribution in [0.5, 0.6) is 0 Å². The van der Waals surface area contributed by atoms with Crippen LogP contribution in [-0.4, -0.2) is 74.5 Å². The second-order valence-electron chi connectivity index (χ2n) is 11.7. The molecule has 3 aromatic rings. The van der Waals surface area contributed by atoms with E-state index >= 15 is 0 Å². The fraction of sp³-hybridized carbons (Fsp3) is 0.500. The summed E-state index contributed by atoms with van der Waals surface area (Å²) in [5.41, 5.74) is -1.71. The average molecular weight is 736 g/mol. The van der Waals surface area contributed by atoms with Crippen molar-refractivity contribution in [2.75, 3.05) is 65.6 Å². The molecular weight excluding hydrogens is 700 g/mol. The zero-order chi connectivity index (χ0) is 36.7. The van der Waals surface area contributed by atoms with Crippen LogP contribution in [0.3, 0.4) is 0 Å².